The Balaban J connectivity index is 2.95. The normalized spacial score (nSPS) is 12.4. The second-order valence-corrected chi connectivity index (χ2v) is 6.55. The van der Waals surface area contributed by atoms with E-state index in [0.717, 1.165) is 11.1 Å². The second kappa shape index (κ2) is 7.99. The first kappa shape index (κ1) is 19.0. The number of carbonyl (C=O) groups is 2. The molecule has 1 atom stereocenters. The minimum atomic E-state index is -0.716. The zero-order chi connectivity index (χ0) is 17.6. The first-order chi connectivity index (χ1) is 10.6. The zero-order valence-electron chi connectivity index (χ0n) is 14.9. The fourth-order valence-corrected chi connectivity index (χ4v) is 2.14. The molecule has 5 heteroatoms. The molecule has 0 N–H and O–H groups in total. The average Bonchev–Trinajstić information content (AvgIpc) is 2.42. The quantitative estimate of drug-likeness (QED) is 0.781. The highest BCUT2D eigenvalue weighted by molar-refractivity contribution is 5.81. The van der Waals surface area contributed by atoms with Crippen LogP contribution in [0.25, 0.3) is 0 Å². The van der Waals surface area contributed by atoms with E-state index in [9.17, 15) is 9.59 Å². The number of benzene rings is 1. The highest BCUT2D eigenvalue weighted by atomic mass is 16.6. The van der Waals surface area contributed by atoms with Crippen molar-refractivity contribution in [1.82, 2.24) is 4.90 Å². The van der Waals surface area contributed by atoms with Crippen molar-refractivity contribution >= 4 is 12.1 Å². The lowest BCUT2D eigenvalue weighted by molar-refractivity contribution is -0.148. The summed E-state index contributed by atoms with van der Waals surface area (Å²) in [4.78, 5) is 25.8. The van der Waals surface area contributed by atoms with Gasteiger partial charge in [0.15, 0.2) is 0 Å². The predicted molar refractivity (Wildman–Crippen MR) is 89.3 cm³/mol. The molecule has 0 saturated heterocycles. The van der Waals surface area contributed by atoms with Crippen LogP contribution in [-0.4, -0.2) is 42.3 Å². The van der Waals surface area contributed by atoms with Crippen LogP contribution in [0.4, 0.5) is 4.79 Å². The van der Waals surface area contributed by atoms with E-state index >= 15 is 0 Å². The van der Waals surface area contributed by atoms with Crippen LogP contribution in [0, 0.1) is 6.92 Å². The Morgan fingerprint density at radius 1 is 1.26 bits per heavy atom. The van der Waals surface area contributed by atoms with Crippen LogP contribution in [0.2, 0.25) is 0 Å². The van der Waals surface area contributed by atoms with Gasteiger partial charge < -0.3 is 9.47 Å². The number of amides is 1. The van der Waals surface area contributed by atoms with E-state index < -0.39 is 23.7 Å². The molecule has 0 radical (unpaired) electrons. The summed E-state index contributed by atoms with van der Waals surface area (Å²) in [7, 11) is 1.56. The van der Waals surface area contributed by atoms with Gasteiger partial charge in [0, 0.05) is 13.5 Å². The van der Waals surface area contributed by atoms with Gasteiger partial charge in [0.1, 0.15) is 11.6 Å². The number of likely N-dealkylation sites (N-methyl/N-ethyl adjacent to an activating group) is 1. The molecule has 0 saturated carbocycles. The summed E-state index contributed by atoms with van der Waals surface area (Å²) < 4.78 is 10.5. The Hall–Kier alpha value is -2.04. The van der Waals surface area contributed by atoms with Crippen LogP contribution < -0.4 is 0 Å². The van der Waals surface area contributed by atoms with Crippen molar-refractivity contribution in [3.8, 4) is 0 Å². The molecule has 5 nitrogen and oxygen atoms in total. The van der Waals surface area contributed by atoms with Crippen LogP contribution in [-0.2, 0) is 20.7 Å². The molecule has 1 aromatic rings. The van der Waals surface area contributed by atoms with Gasteiger partial charge in [-0.2, -0.15) is 0 Å². The SMILES string of the molecule is CCOC(=O)[C@H](Cc1cccc(C)c1)N(C)C(=O)OC(C)(C)C. The number of nitrogens with zero attached hydrogens (tertiary/aromatic N) is 1. The van der Waals surface area contributed by atoms with Crippen molar-refractivity contribution in [3.05, 3.63) is 35.4 Å². The average molecular weight is 321 g/mol. The van der Waals surface area contributed by atoms with Crippen molar-refractivity contribution in [1.29, 1.82) is 0 Å². The molecule has 0 aromatic heterocycles. The van der Waals surface area contributed by atoms with Crippen molar-refractivity contribution in [2.45, 2.75) is 52.7 Å². The topological polar surface area (TPSA) is 55.8 Å². The van der Waals surface area contributed by atoms with Crippen molar-refractivity contribution < 1.29 is 19.1 Å². The van der Waals surface area contributed by atoms with E-state index in [1.807, 2.05) is 31.2 Å². The highest BCUT2D eigenvalue weighted by Crippen LogP contribution is 2.15. The summed E-state index contributed by atoms with van der Waals surface area (Å²) in [6.45, 7) is 9.37. The Labute approximate surface area is 138 Å². The van der Waals surface area contributed by atoms with E-state index in [-0.39, 0.29) is 6.61 Å². The zero-order valence-corrected chi connectivity index (χ0v) is 14.9. The fourth-order valence-electron chi connectivity index (χ4n) is 2.14. The van der Waals surface area contributed by atoms with Crippen LogP contribution in [0.3, 0.4) is 0 Å². The van der Waals surface area contributed by atoms with Gasteiger partial charge in [0.25, 0.3) is 0 Å². The molecule has 0 aliphatic heterocycles. The van der Waals surface area contributed by atoms with E-state index in [4.69, 9.17) is 9.47 Å². The minimum Gasteiger partial charge on any atom is -0.464 e. The highest BCUT2D eigenvalue weighted by Gasteiger charge is 2.31. The van der Waals surface area contributed by atoms with Gasteiger partial charge in [0.05, 0.1) is 6.61 Å². The molecule has 0 spiro atoms. The molecule has 0 aliphatic rings. The summed E-state index contributed by atoms with van der Waals surface area (Å²) in [6.07, 6.45) is -0.154. The van der Waals surface area contributed by atoms with E-state index in [1.54, 1.807) is 34.7 Å². The number of rotatable bonds is 5. The third-order valence-electron chi connectivity index (χ3n) is 3.22. The summed E-state index contributed by atoms with van der Waals surface area (Å²) >= 11 is 0. The maximum absolute atomic E-state index is 12.3. The molecule has 0 heterocycles. The molecule has 1 rings (SSSR count). The Kier molecular flexibility index (Phi) is 6.61. The number of aryl methyl sites for hydroxylation is 1. The lowest BCUT2D eigenvalue weighted by Gasteiger charge is -2.29. The fraction of sp³-hybridized carbons (Fsp3) is 0.556. The standard InChI is InChI=1S/C18H27NO4/c1-7-22-16(20)15(12-14-10-8-9-13(2)11-14)19(6)17(21)23-18(3,4)5/h8-11,15H,7,12H2,1-6H3/t15-/m0/s1. The van der Waals surface area contributed by atoms with E-state index in [1.165, 1.54) is 4.90 Å². The third-order valence-corrected chi connectivity index (χ3v) is 3.22. The van der Waals surface area contributed by atoms with Gasteiger partial charge in [0.2, 0.25) is 0 Å². The van der Waals surface area contributed by atoms with Gasteiger partial charge in [-0.1, -0.05) is 29.8 Å². The van der Waals surface area contributed by atoms with Crippen molar-refractivity contribution in [3.63, 3.8) is 0 Å². The molecule has 0 fully saturated rings. The lowest BCUT2D eigenvalue weighted by atomic mass is 10.0. The van der Waals surface area contributed by atoms with Gasteiger partial charge in [-0.05, 0) is 40.2 Å². The van der Waals surface area contributed by atoms with Gasteiger partial charge in [-0.3, -0.25) is 4.90 Å². The van der Waals surface area contributed by atoms with Gasteiger partial charge in [-0.25, -0.2) is 9.59 Å². The van der Waals surface area contributed by atoms with Crippen LogP contribution in [0.5, 0.6) is 0 Å². The smallest absolute Gasteiger partial charge is 0.410 e. The maximum Gasteiger partial charge on any atom is 0.410 e. The number of hydrogen-bond donors (Lipinski definition) is 0. The molecule has 0 unspecified atom stereocenters. The first-order valence-electron chi connectivity index (χ1n) is 7.82. The van der Waals surface area contributed by atoms with E-state index in [2.05, 4.69) is 0 Å². The predicted octanol–water partition coefficient (Wildman–Crippen LogP) is 3.34. The van der Waals surface area contributed by atoms with E-state index in [0.29, 0.717) is 6.42 Å². The van der Waals surface area contributed by atoms with Crippen LogP contribution in [0.1, 0.15) is 38.8 Å². The summed E-state index contributed by atoms with van der Waals surface area (Å²) in [5.74, 6) is -0.428. The number of hydrogen-bond acceptors (Lipinski definition) is 4. The minimum absolute atomic E-state index is 0.269. The van der Waals surface area contributed by atoms with Gasteiger partial charge >= 0.3 is 12.1 Å². The molecule has 128 valence electrons. The summed E-state index contributed by atoms with van der Waals surface area (Å²) in [5, 5.41) is 0. The van der Waals surface area contributed by atoms with Gasteiger partial charge in [-0.15, -0.1) is 0 Å². The summed E-state index contributed by atoms with van der Waals surface area (Å²) in [5.41, 5.74) is 1.46. The Bertz CT molecular complexity index is 548. The Morgan fingerprint density at radius 2 is 1.91 bits per heavy atom. The second-order valence-electron chi connectivity index (χ2n) is 6.55. The number of esters is 1. The maximum atomic E-state index is 12.3. The van der Waals surface area contributed by atoms with Crippen LogP contribution >= 0.6 is 0 Å². The third kappa shape index (κ3) is 6.30. The molecular formula is C18H27NO4. The first-order valence-corrected chi connectivity index (χ1v) is 7.82. The van der Waals surface area contributed by atoms with Crippen LogP contribution in [0.15, 0.2) is 24.3 Å². The molecular weight excluding hydrogens is 294 g/mol. The Morgan fingerprint density at radius 3 is 2.43 bits per heavy atom. The lowest BCUT2D eigenvalue weighted by Crippen LogP contribution is -2.46. The summed E-state index contributed by atoms with van der Waals surface area (Å²) in [6, 6.07) is 7.13. The monoisotopic (exact) mass is 321 g/mol. The molecule has 0 aliphatic carbocycles. The van der Waals surface area contributed by atoms with Crippen molar-refractivity contribution in [2.24, 2.45) is 0 Å². The number of ether oxygens (including phenoxy) is 2. The molecule has 23 heavy (non-hydrogen) atoms. The molecule has 1 aromatic carbocycles. The number of carbonyl (C=O) groups excluding carboxylic acids is 2. The van der Waals surface area contributed by atoms with Crippen molar-refractivity contribution in [2.75, 3.05) is 13.7 Å². The molecule has 0 bridgehead atoms. The molecule has 1 amide bonds. The largest absolute Gasteiger partial charge is 0.464 e.